The quantitative estimate of drug-likeness (QED) is 0.518. The van der Waals surface area contributed by atoms with Crippen LogP contribution in [0.5, 0.6) is 0 Å². The van der Waals surface area contributed by atoms with E-state index in [1.165, 1.54) is 12.4 Å². The Bertz CT molecular complexity index is 280. The number of hydrogen-bond acceptors (Lipinski definition) is 3. The third-order valence-electron chi connectivity index (χ3n) is 1.18. The summed E-state index contributed by atoms with van der Waals surface area (Å²) in [6.07, 6.45) is 2.78. The molecule has 64 valence electrons. The number of nitrogens with zero attached hydrogens (tertiary/aromatic N) is 1. The second-order valence-corrected chi connectivity index (χ2v) is 2.14. The van der Waals surface area contributed by atoms with Crippen molar-refractivity contribution >= 4 is 11.8 Å². The van der Waals surface area contributed by atoms with Crippen LogP contribution in [0.25, 0.3) is 0 Å². The maximum atomic E-state index is 11.0. The highest BCUT2D eigenvalue weighted by Crippen LogP contribution is 1.91. The minimum atomic E-state index is -0.577. The van der Waals surface area contributed by atoms with Crippen LogP contribution in [0.2, 0.25) is 0 Å². The molecule has 1 aromatic rings. The molecular formula is C6H8N4O2. The summed E-state index contributed by atoms with van der Waals surface area (Å²) in [6.45, 7) is -0.163. The number of aromatic amines is 1. The van der Waals surface area contributed by atoms with E-state index in [2.05, 4.69) is 15.5 Å². The van der Waals surface area contributed by atoms with Gasteiger partial charge >= 0.3 is 0 Å². The van der Waals surface area contributed by atoms with Gasteiger partial charge in [-0.3, -0.25) is 14.7 Å². The third kappa shape index (κ3) is 2.08. The molecule has 4 N–H and O–H groups in total. The average Bonchev–Trinajstić information content (AvgIpc) is 2.51. The number of aromatic nitrogens is 2. The number of rotatable bonds is 3. The molecule has 0 fully saturated rings. The third-order valence-corrected chi connectivity index (χ3v) is 1.18. The van der Waals surface area contributed by atoms with Gasteiger partial charge in [0.05, 0.1) is 18.3 Å². The first-order valence-electron chi connectivity index (χ1n) is 3.25. The highest BCUT2D eigenvalue weighted by atomic mass is 16.2. The first kappa shape index (κ1) is 8.25. The minimum Gasteiger partial charge on any atom is -0.368 e. The van der Waals surface area contributed by atoms with Crippen molar-refractivity contribution in [2.75, 3.05) is 6.54 Å². The number of hydrogen-bond donors (Lipinski definition) is 3. The lowest BCUT2D eigenvalue weighted by atomic mass is 10.3. The van der Waals surface area contributed by atoms with Crippen molar-refractivity contribution in [3.8, 4) is 0 Å². The van der Waals surface area contributed by atoms with Crippen LogP contribution in [-0.2, 0) is 4.79 Å². The molecule has 0 aliphatic heterocycles. The molecule has 0 aromatic carbocycles. The summed E-state index contributed by atoms with van der Waals surface area (Å²) in [7, 11) is 0. The summed E-state index contributed by atoms with van der Waals surface area (Å²) in [4.78, 5) is 21.3. The van der Waals surface area contributed by atoms with Crippen molar-refractivity contribution in [2.45, 2.75) is 0 Å². The Balaban J connectivity index is 2.45. The molecule has 0 spiro atoms. The highest BCUT2D eigenvalue weighted by molar-refractivity contribution is 5.95. The molecule has 1 heterocycles. The second-order valence-electron chi connectivity index (χ2n) is 2.14. The normalized spacial score (nSPS) is 9.33. The first-order valence-corrected chi connectivity index (χ1v) is 3.25. The van der Waals surface area contributed by atoms with Gasteiger partial charge in [-0.2, -0.15) is 5.10 Å². The van der Waals surface area contributed by atoms with Crippen LogP contribution in [0.3, 0.4) is 0 Å². The molecule has 6 nitrogen and oxygen atoms in total. The SMILES string of the molecule is NC(=O)CNC(=O)c1cn[nH]c1. The van der Waals surface area contributed by atoms with Gasteiger partial charge in [0.15, 0.2) is 0 Å². The van der Waals surface area contributed by atoms with E-state index >= 15 is 0 Å². The summed E-state index contributed by atoms with van der Waals surface area (Å²) in [6, 6.07) is 0. The molecule has 1 rings (SSSR count). The molecule has 0 aliphatic carbocycles. The van der Waals surface area contributed by atoms with Gasteiger partial charge in [0.2, 0.25) is 5.91 Å². The molecule has 0 radical (unpaired) electrons. The lowest BCUT2D eigenvalue weighted by Gasteiger charge is -1.97. The molecule has 0 aliphatic rings. The van der Waals surface area contributed by atoms with E-state index in [1.54, 1.807) is 0 Å². The van der Waals surface area contributed by atoms with Crippen molar-refractivity contribution in [1.82, 2.24) is 15.5 Å². The zero-order chi connectivity index (χ0) is 8.97. The molecule has 0 unspecified atom stereocenters. The van der Waals surface area contributed by atoms with Gasteiger partial charge in [-0.15, -0.1) is 0 Å². The Morgan fingerprint density at radius 2 is 2.42 bits per heavy atom. The number of carbonyl (C=O) groups excluding carboxylic acids is 2. The fourth-order valence-electron chi connectivity index (χ4n) is 0.645. The van der Waals surface area contributed by atoms with Crippen molar-refractivity contribution < 1.29 is 9.59 Å². The van der Waals surface area contributed by atoms with Crippen molar-refractivity contribution in [3.05, 3.63) is 18.0 Å². The van der Waals surface area contributed by atoms with Crippen molar-refractivity contribution in [3.63, 3.8) is 0 Å². The van der Waals surface area contributed by atoms with Gasteiger partial charge in [0.25, 0.3) is 5.91 Å². The number of nitrogens with two attached hydrogens (primary N) is 1. The number of carbonyl (C=O) groups is 2. The Labute approximate surface area is 68.1 Å². The van der Waals surface area contributed by atoms with E-state index in [4.69, 9.17) is 5.73 Å². The molecule has 2 amide bonds. The van der Waals surface area contributed by atoms with Crippen LogP contribution < -0.4 is 11.1 Å². The smallest absolute Gasteiger partial charge is 0.254 e. The predicted octanol–water partition coefficient (Wildman–Crippen LogP) is -1.38. The molecule has 1 aromatic heterocycles. The lowest BCUT2D eigenvalue weighted by Crippen LogP contribution is -2.33. The van der Waals surface area contributed by atoms with Crippen molar-refractivity contribution in [1.29, 1.82) is 0 Å². The van der Waals surface area contributed by atoms with E-state index in [0.29, 0.717) is 5.56 Å². The number of nitrogens with one attached hydrogen (secondary N) is 2. The Kier molecular flexibility index (Phi) is 2.42. The monoisotopic (exact) mass is 168 g/mol. The van der Waals surface area contributed by atoms with Gasteiger partial charge in [0.1, 0.15) is 0 Å². The second kappa shape index (κ2) is 3.51. The van der Waals surface area contributed by atoms with Gasteiger partial charge in [0, 0.05) is 6.20 Å². The fraction of sp³-hybridized carbons (Fsp3) is 0.167. The van der Waals surface area contributed by atoms with Crippen LogP contribution >= 0.6 is 0 Å². The molecule has 6 heteroatoms. The predicted molar refractivity (Wildman–Crippen MR) is 40.1 cm³/mol. The van der Waals surface area contributed by atoms with E-state index in [0.717, 1.165) is 0 Å². The summed E-state index contributed by atoms with van der Waals surface area (Å²) in [5.41, 5.74) is 5.19. The maximum absolute atomic E-state index is 11.0. The Morgan fingerprint density at radius 3 is 2.92 bits per heavy atom. The number of H-pyrrole nitrogens is 1. The molecular weight excluding hydrogens is 160 g/mol. The van der Waals surface area contributed by atoms with Gasteiger partial charge in [-0.1, -0.05) is 0 Å². The van der Waals surface area contributed by atoms with E-state index in [-0.39, 0.29) is 12.5 Å². The van der Waals surface area contributed by atoms with Crippen LogP contribution in [0.4, 0.5) is 0 Å². The van der Waals surface area contributed by atoms with Crippen LogP contribution in [0, 0.1) is 0 Å². The molecule has 0 atom stereocenters. The summed E-state index contributed by atoms with van der Waals surface area (Å²) in [5, 5.41) is 8.35. The zero-order valence-electron chi connectivity index (χ0n) is 6.20. The van der Waals surface area contributed by atoms with Crippen LogP contribution in [-0.4, -0.2) is 28.6 Å². The topological polar surface area (TPSA) is 101 Å². The Morgan fingerprint density at radius 1 is 1.67 bits per heavy atom. The van der Waals surface area contributed by atoms with Gasteiger partial charge < -0.3 is 11.1 Å². The van der Waals surface area contributed by atoms with E-state index in [1.807, 2.05) is 0 Å². The van der Waals surface area contributed by atoms with Crippen LogP contribution in [0.1, 0.15) is 10.4 Å². The standard InChI is InChI=1S/C6H8N4O2/c7-5(11)3-8-6(12)4-1-9-10-2-4/h1-2H,3H2,(H2,7,11)(H,8,12)(H,9,10). The first-order chi connectivity index (χ1) is 5.70. The molecule has 0 bridgehead atoms. The number of amides is 2. The highest BCUT2D eigenvalue weighted by Gasteiger charge is 2.05. The van der Waals surface area contributed by atoms with Gasteiger partial charge in [-0.05, 0) is 0 Å². The van der Waals surface area contributed by atoms with Crippen molar-refractivity contribution in [2.24, 2.45) is 5.73 Å². The van der Waals surface area contributed by atoms with Crippen LogP contribution in [0.15, 0.2) is 12.4 Å². The van der Waals surface area contributed by atoms with E-state index in [9.17, 15) is 9.59 Å². The largest absolute Gasteiger partial charge is 0.368 e. The summed E-state index contributed by atoms with van der Waals surface area (Å²) in [5.74, 6) is -0.950. The molecule has 0 saturated carbocycles. The average molecular weight is 168 g/mol. The fourth-order valence-corrected chi connectivity index (χ4v) is 0.645. The summed E-state index contributed by atoms with van der Waals surface area (Å²) >= 11 is 0. The van der Waals surface area contributed by atoms with Gasteiger partial charge in [-0.25, -0.2) is 0 Å². The number of primary amides is 1. The minimum absolute atomic E-state index is 0.163. The zero-order valence-corrected chi connectivity index (χ0v) is 6.20. The molecule has 12 heavy (non-hydrogen) atoms. The van der Waals surface area contributed by atoms with E-state index < -0.39 is 5.91 Å². The Hall–Kier alpha value is -1.85. The maximum Gasteiger partial charge on any atom is 0.254 e. The molecule has 0 saturated heterocycles. The lowest BCUT2D eigenvalue weighted by molar-refractivity contribution is -0.117. The summed E-state index contributed by atoms with van der Waals surface area (Å²) < 4.78 is 0.